The summed E-state index contributed by atoms with van der Waals surface area (Å²) >= 11 is 0. The van der Waals surface area contributed by atoms with Crippen LogP contribution in [0.15, 0.2) is 10.8 Å². The molecule has 1 saturated heterocycles. The minimum Gasteiger partial charge on any atom is -0.449 e. The van der Waals surface area contributed by atoms with Gasteiger partial charge in [0.1, 0.15) is 5.76 Å². The van der Waals surface area contributed by atoms with Gasteiger partial charge in [0, 0.05) is 19.0 Å². The maximum Gasteiger partial charge on any atom is 0.181 e. The number of hydrogen-bond acceptors (Lipinski definition) is 3. The topological polar surface area (TPSA) is 29.3 Å². The van der Waals surface area contributed by atoms with Gasteiger partial charge in [-0.3, -0.25) is 0 Å². The molecule has 0 saturated carbocycles. The Balaban J connectivity index is 1.85. The van der Waals surface area contributed by atoms with E-state index in [0.29, 0.717) is 0 Å². The van der Waals surface area contributed by atoms with Gasteiger partial charge in [-0.25, -0.2) is 4.98 Å². The molecule has 0 unspecified atom stereocenters. The second-order valence-electron chi connectivity index (χ2n) is 4.13. The third-order valence-electron chi connectivity index (χ3n) is 3.17. The van der Waals surface area contributed by atoms with E-state index in [9.17, 15) is 0 Å². The summed E-state index contributed by atoms with van der Waals surface area (Å²) in [7, 11) is 0. The van der Waals surface area contributed by atoms with Gasteiger partial charge in [-0.05, 0) is 33.2 Å². The van der Waals surface area contributed by atoms with Crippen LogP contribution in [0.4, 0.5) is 0 Å². The highest BCUT2D eigenvalue weighted by Crippen LogP contribution is 2.17. The van der Waals surface area contributed by atoms with Crippen molar-refractivity contribution < 1.29 is 4.42 Å². The van der Waals surface area contributed by atoms with Crippen LogP contribution in [0.25, 0.3) is 0 Å². The maximum atomic E-state index is 5.18. The number of rotatable bonds is 3. The zero-order valence-corrected chi connectivity index (χ0v) is 8.99. The van der Waals surface area contributed by atoms with Crippen molar-refractivity contribution in [3.05, 3.63) is 17.8 Å². The quantitative estimate of drug-likeness (QED) is 0.737. The largest absolute Gasteiger partial charge is 0.449 e. The van der Waals surface area contributed by atoms with Gasteiger partial charge in [0.05, 0.1) is 5.69 Å². The molecular weight excluding hydrogens is 176 g/mol. The molecule has 0 aromatic carbocycles. The lowest BCUT2D eigenvalue weighted by atomic mass is 10.2. The van der Waals surface area contributed by atoms with Crippen molar-refractivity contribution in [3.63, 3.8) is 0 Å². The summed E-state index contributed by atoms with van der Waals surface area (Å²) in [5, 5.41) is 0. The summed E-state index contributed by atoms with van der Waals surface area (Å²) in [6.45, 7) is 6.66. The van der Waals surface area contributed by atoms with E-state index in [-0.39, 0.29) is 0 Å². The molecule has 1 aliphatic heterocycles. The zero-order valence-electron chi connectivity index (χ0n) is 8.99. The molecule has 78 valence electrons. The first-order valence-corrected chi connectivity index (χ1v) is 5.40. The van der Waals surface area contributed by atoms with Gasteiger partial charge in [0.25, 0.3) is 0 Å². The van der Waals surface area contributed by atoms with Crippen molar-refractivity contribution >= 4 is 0 Å². The molecule has 3 heteroatoms. The lowest BCUT2D eigenvalue weighted by Crippen LogP contribution is -2.29. The van der Waals surface area contributed by atoms with Gasteiger partial charge < -0.3 is 9.32 Å². The van der Waals surface area contributed by atoms with E-state index in [1.807, 2.05) is 6.92 Å². The molecule has 2 heterocycles. The van der Waals surface area contributed by atoms with E-state index < -0.39 is 0 Å². The number of likely N-dealkylation sites (tertiary alicyclic amines) is 1. The highest BCUT2D eigenvalue weighted by Gasteiger charge is 2.19. The molecule has 1 aromatic heterocycles. The molecular formula is C11H18N2O. The molecule has 0 aliphatic carbocycles. The molecule has 14 heavy (non-hydrogen) atoms. The molecule has 0 radical (unpaired) electrons. The van der Waals surface area contributed by atoms with E-state index >= 15 is 0 Å². The highest BCUT2D eigenvalue weighted by atomic mass is 16.3. The van der Waals surface area contributed by atoms with Crippen molar-refractivity contribution in [1.29, 1.82) is 0 Å². The zero-order chi connectivity index (χ0) is 9.97. The van der Waals surface area contributed by atoms with Gasteiger partial charge in [-0.2, -0.15) is 0 Å². The van der Waals surface area contributed by atoms with Crippen LogP contribution in [0.1, 0.15) is 31.2 Å². The van der Waals surface area contributed by atoms with Crippen LogP contribution < -0.4 is 0 Å². The molecule has 0 spiro atoms. The predicted molar refractivity (Wildman–Crippen MR) is 55.2 cm³/mol. The van der Waals surface area contributed by atoms with Gasteiger partial charge in [0.15, 0.2) is 6.39 Å². The molecule has 0 bridgehead atoms. The Labute approximate surface area is 85.1 Å². The van der Waals surface area contributed by atoms with Crippen molar-refractivity contribution in [2.45, 2.75) is 39.2 Å². The van der Waals surface area contributed by atoms with E-state index in [4.69, 9.17) is 4.42 Å². The van der Waals surface area contributed by atoms with Crippen LogP contribution >= 0.6 is 0 Å². The average Bonchev–Trinajstić information content (AvgIpc) is 2.72. The molecule has 0 N–H and O–H groups in total. The normalized spacial score (nSPS) is 23.1. The smallest absolute Gasteiger partial charge is 0.181 e. The second-order valence-corrected chi connectivity index (χ2v) is 4.13. The van der Waals surface area contributed by atoms with Crippen LogP contribution in [0.3, 0.4) is 0 Å². The third kappa shape index (κ3) is 1.98. The minimum atomic E-state index is 0.752. The number of aromatic nitrogens is 1. The summed E-state index contributed by atoms with van der Waals surface area (Å²) in [6.07, 6.45) is 5.25. The van der Waals surface area contributed by atoms with E-state index in [0.717, 1.165) is 30.5 Å². The lowest BCUT2D eigenvalue weighted by molar-refractivity contribution is 0.271. The first-order chi connectivity index (χ1) is 6.77. The Morgan fingerprint density at radius 2 is 2.50 bits per heavy atom. The van der Waals surface area contributed by atoms with Gasteiger partial charge >= 0.3 is 0 Å². The molecule has 1 aromatic rings. The fraction of sp³-hybridized carbons (Fsp3) is 0.727. The molecule has 1 aliphatic rings. The number of aryl methyl sites for hydroxylation is 1. The standard InChI is InChI=1S/C11H18N2O/c1-9-4-3-6-13(9)7-5-11-10(2)14-8-12-11/h8-9H,3-7H2,1-2H3/t9-/m1/s1. The van der Waals surface area contributed by atoms with Crippen LogP contribution in [0.2, 0.25) is 0 Å². The fourth-order valence-electron chi connectivity index (χ4n) is 2.14. The molecule has 1 atom stereocenters. The predicted octanol–water partition coefficient (Wildman–Crippen LogP) is 2.01. The summed E-state index contributed by atoms with van der Waals surface area (Å²) in [6, 6.07) is 0.752. The van der Waals surface area contributed by atoms with Crippen molar-refractivity contribution in [2.24, 2.45) is 0 Å². The lowest BCUT2D eigenvalue weighted by Gasteiger charge is -2.19. The average molecular weight is 194 g/mol. The number of nitrogens with zero attached hydrogens (tertiary/aromatic N) is 2. The van der Waals surface area contributed by atoms with Gasteiger partial charge in [-0.15, -0.1) is 0 Å². The van der Waals surface area contributed by atoms with Crippen molar-refractivity contribution in [1.82, 2.24) is 9.88 Å². The second kappa shape index (κ2) is 4.13. The summed E-state index contributed by atoms with van der Waals surface area (Å²) in [4.78, 5) is 6.74. The monoisotopic (exact) mass is 194 g/mol. The molecule has 1 fully saturated rings. The number of oxazole rings is 1. The van der Waals surface area contributed by atoms with E-state index in [2.05, 4.69) is 16.8 Å². The molecule has 3 nitrogen and oxygen atoms in total. The van der Waals surface area contributed by atoms with Crippen LogP contribution in [-0.2, 0) is 6.42 Å². The Bertz CT molecular complexity index is 295. The highest BCUT2D eigenvalue weighted by molar-refractivity contribution is 5.05. The van der Waals surface area contributed by atoms with Crippen molar-refractivity contribution in [2.75, 3.05) is 13.1 Å². The van der Waals surface area contributed by atoms with Crippen LogP contribution in [0, 0.1) is 6.92 Å². The van der Waals surface area contributed by atoms with Gasteiger partial charge in [0.2, 0.25) is 0 Å². The van der Waals surface area contributed by atoms with Crippen LogP contribution in [-0.4, -0.2) is 29.0 Å². The number of hydrogen-bond donors (Lipinski definition) is 0. The van der Waals surface area contributed by atoms with Gasteiger partial charge in [-0.1, -0.05) is 0 Å². The first kappa shape index (κ1) is 9.71. The molecule has 2 rings (SSSR count). The fourth-order valence-corrected chi connectivity index (χ4v) is 2.14. The third-order valence-corrected chi connectivity index (χ3v) is 3.17. The Hall–Kier alpha value is -0.830. The van der Waals surface area contributed by atoms with Crippen molar-refractivity contribution in [3.8, 4) is 0 Å². The van der Waals surface area contributed by atoms with Crippen LogP contribution in [0.5, 0.6) is 0 Å². The Morgan fingerprint density at radius 1 is 1.64 bits per heavy atom. The van der Waals surface area contributed by atoms with E-state index in [1.165, 1.54) is 25.8 Å². The summed E-state index contributed by atoms with van der Waals surface area (Å²) in [5.41, 5.74) is 1.11. The Kier molecular flexibility index (Phi) is 2.87. The maximum absolute atomic E-state index is 5.18. The van der Waals surface area contributed by atoms with E-state index in [1.54, 1.807) is 0 Å². The summed E-state index contributed by atoms with van der Waals surface area (Å²) < 4.78 is 5.18. The first-order valence-electron chi connectivity index (χ1n) is 5.40. The summed E-state index contributed by atoms with van der Waals surface area (Å²) in [5.74, 6) is 0.969. The SMILES string of the molecule is Cc1ocnc1CCN1CCC[C@H]1C. The Morgan fingerprint density at radius 3 is 3.07 bits per heavy atom. The minimum absolute atomic E-state index is 0.752. The molecule has 0 amide bonds.